The molecule has 100 valence electrons. The molecular formula is C6H15N3O6P2. The van der Waals surface area contributed by atoms with Gasteiger partial charge in [0, 0.05) is 12.5 Å². The minimum atomic E-state index is -3.06. The Labute approximate surface area is 98.9 Å². The van der Waals surface area contributed by atoms with E-state index in [1.165, 1.54) is 0 Å². The average molecular weight is 287 g/mol. The van der Waals surface area contributed by atoms with Crippen LogP contribution in [0.4, 0.5) is 0 Å². The van der Waals surface area contributed by atoms with Gasteiger partial charge in [0.25, 0.3) is 8.18 Å². The van der Waals surface area contributed by atoms with E-state index in [1.807, 2.05) is 0 Å². The van der Waals surface area contributed by atoms with Crippen LogP contribution in [0.1, 0.15) is 6.42 Å². The molecule has 0 bridgehead atoms. The maximum absolute atomic E-state index is 10.7. The Hall–Kier alpha value is -0.270. The lowest BCUT2D eigenvalue weighted by molar-refractivity contribution is 0.00680. The number of nitrogens with one attached hydrogen (secondary N) is 3. The Bertz CT molecular complexity index is 316. The SMILES string of the molecule is N=CN[C@H]1C[C@H](N[PH](=O)O)[C@@H](CO[PH](=O)O)O1. The molecule has 2 unspecified atom stereocenters. The largest absolute Gasteiger partial charge is 0.351 e. The molecule has 1 aliphatic rings. The molecule has 5 N–H and O–H groups in total. The molecule has 0 aliphatic carbocycles. The van der Waals surface area contributed by atoms with Crippen LogP contribution in [0, 0.1) is 5.41 Å². The second-order valence-corrected chi connectivity index (χ2v) is 5.06. The molecule has 1 rings (SSSR count). The van der Waals surface area contributed by atoms with Gasteiger partial charge in [-0.2, -0.15) is 0 Å². The average Bonchev–Trinajstić information content (AvgIpc) is 2.57. The van der Waals surface area contributed by atoms with Gasteiger partial charge in [0.05, 0.1) is 19.0 Å². The maximum atomic E-state index is 10.7. The van der Waals surface area contributed by atoms with Gasteiger partial charge in [-0.1, -0.05) is 0 Å². The third-order valence-corrected chi connectivity index (χ3v) is 3.24. The molecule has 0 aromatic rings. The summed E-state index contributed by atoms with van der Waals surface area (Å²) < 4.78 is 31.0. The lowest BCUT2D eigenvalue weighted by Crippen LogP contribution is -2.34. The van der Waals surface area contributed by atoms with E-state index in [2.05, 4.69) is 14.9 Å². The predicted octanol–water partition coefficient (Wildman–Crippen LogP) is -0.963. The summed E-state index contributed by atoms with van der Waals surface area (Å²) in [5.74, 6) is 0. The van der Waals surface area contributed by atoms with Crippen molar-refractivity contribution in [3.05, 3.63) is 0 Å². The molecule has 9 nitrogen and oxygen atoms in total. The molecule has 0 spiro atoms. The normalized spacial score (nSPS) is 32.0. The van der Waals surface area contributed by atoms with Gasteiger partial charge in [-0.15, -0.1) is 0 Å². The second-order valence-electron chi connectivity index (χ2n) is 3.34. The van der Waals surface area contributed by atoms with E-state index < -0.39 is 34.8 Å². The van der Waals surface area contributed by atoms with Crippen molar-refractivity contribution in [2.45, 2.75) is 24.8 Å². The monoisotopic (exact) mass is 287 g/mol. The zero-order valence-corrected chi connectivity index (χ0v) is 10.8. The van der Waals surface area contributed by atoms with Crippen LogP contribution in [0.5, 0.6) is 0 Å². The summed E-state index contributed by atoms with van der Waals surface area (Å²) in [5, 5.41) is 11.9. The van der Waals surface area contributed by atoms with Crippen molar-refractivity contribution < 1.29 is 28.2 Å². The molecule has 0 saturated carbocycles. The van der Waals surface area contributed by atoms with Gasteiger partial charge in [-0.3, -0.25) is 14.5 Å². The molecule has 0 aromatic carbocycles. The van der Waals surface area contributed by atoms with Gasteiger partial charge in [0.2, 0.25) is 0 Å². The van der Waals surface area contributed by atoms with Crippen LogP contribution in [-0.2, 0) is 18.4 Å². The summed E-state index contributed by atoms with van der Waals surface area (Å²) in [6.45, 7) is -0.155. The van der Waals surface area contributed by atoms with E-state index in [0.717, 1.165) is 6.34 Å². The second kappa shape index (κ2) is 7.23. The van der Waals surface area contributed by atoms with Crippen LogP contribution in [0.25, 0.3) is 0 Å². The minimum Gasteiger partial charge on any atom is -0.351 e. The summed E-state index contributed by atoms with van der Waals surface area (Å²) in [4.78, 5) is 17.3. The van der Waals surface area contributed by atoms with Crippen molar-refractivity contribution in [1.82, 2.24) is 10.4 Å². The maximum Gasteiger partial charge on any atom is 0.316 e. The molecule has 17 heavy (non-hydrogen) atoms. The van der Waals surface area contributed by atoms with Crippen molar-refractivity contribution in [2.24, 2.45) is 0 Å². The van der Waals surface area contributed by atoms with Crippen molar-refractivity contribution in [2.75, 3.05) is 6.61 Å². The molecule has 0 amide bonds. The summed E-state index contributed by atoms with van der Waals surface area (Å²) in [6, 6.07) is -0.467. The Morgan fingerprint density at radius 3 is 2.76 bits per heavy atom. The van der Waals surface area contributed by atoms with Gasteiger partial charge in [0.15, 0.2) is 0 Å². The third-order valence-electron chi connectivity index (χ3n) is 2.21. The van der Waals surface area contributed by atoms with Crippen LogP contribution in [0.2, 0.25) is 0 Å². The summed E-state index contributed by atoms with van der Waals surface area (Å²) >= 11 is 0. The topological polar surface area (TPSA) is 141 Å². The highest BCUT2D eigenvalue weighted by Gasteiger charge is 2.35. The smallest absolute Gasteiger partial charge is 0.316 e. The van der Waals surface area contributed by atoms with Crippen LogP contribution in [0.15, 0.2) is 0 Å². The van der Waals surface area contributed by atoms with E-state index in [9.17, 15) is 9.13 Å². The van der Waals surface area contributed by atoms with E-state index in [4.69, 9.17) is 19.9 Å². The molecule has 1 aliphatic heterocycles. The number of hydrogen-bond donors (Lipinski definition) is 5. The first-order valence-corrected chi connectivity index (χ1v) is 7.40. The Balaban J connectivity index is 2.53. The zero-order chi connectivity index (χ0) is 12.8. The quantitative estimate of drug-likeness (QED) is 0.229. The van der Waals surface area contributed by atoms with E-state index >= 15 is 0 Å². The predicted molar refractivity (Wildman–Crippen MR) is 60.5 cm³/mol. The van der Waals surface area contributed by atoms with E-state index in [1.54, 1.807) is 0 Å². The molecule has 0 aromatic heterocycles. The van der Waals surface area contributed by atoms with Crippen LogP contribution in [-0.4, -0.2) is 41.1 Å². The van der Waals surface area contributed by atoms with Gasteiger partial charge < -0.3 is 24.4 Å². The van der Waals surface area contributed by atoms with Gasteiger partial charge in [-0.05, 0) is 0 Å². The first-order chi connectivity index (χ1) is 8.02. The molecule has 5 atom stereocenters. The number of hydrogen-bond acceptors (Lipinski definition) is 5. The highest BCUT2D eigenvalue weighted by molar-refractivity contribution is 7.35. The summed E-state index contributed by atoms with van der Waals surface area (Å²) in [5.41, 5.74) is 0. The molecule has 1 fully saturated rings. The van der Waals surface area contributed by atoms with Gasteiger partial charge >= 0.3 is 8.25 Å². The van der Waals surface area contributed by atoms with Gasteiger partial charge in [-0.25, -0.2) is 5.09 Å². The fraction of sp³-hybridized carbons (Fsp3) is 0.833. The number of rotatable bonds is 7. The summed E-state index contributed by atoms with van der Waals surface area (Å²) in [7, 11) is -5.94. The van der Waals surface area contributed by atoms with E-state index in [-0.39, 0.29) is 6.61 Å². The van der Waals surface area contributed by atoms with Crippen LogP contribution >= 0.6 is 16.4 Å². The van der Waals surface area contributed by atoms with Crippen molar-refractivity contribution in [1.29, 1.82) is 5.41 Å². The highest BCUT2D eigenvalue weighted by Crippen LogP contribution is 2.26. The molecule has 11 heteroatoms. The van der Waals surface area contributed by atoms with Crippen molar-refractivity contribution >= 4 is 22.8 Å². The zero-order valence-electron chi connectivity index (χ0n) is 8.75. The fourth-order valence-corrected chi connectivity index (χ4v) is 2.49. The van der Waals surface area contributed by atoms with E-state index in [0.29, 0.717) is 6.42 Å². The summed E-state index contributed by atoms with van der Waals surface area (Å²) in [6.07, 6.45) is 0.199. The lowest BCUT2D eigenvalue weighted by atomic mass is 10.1. The fourth-order valence-electron chi connectivity index (χ4n) is 1.56. The van der Waals surface area contributed by atoms with Gasteiger partial charge in [0.1, 0.15) is 6.23 Å². The molecule has 1 saturated heterocycles. The molecule has 1 heterocycles. The van der Waals surface area contributed by atoms with Crippen molar-refractivity contribution in [3.8, 4) is 0 Å². The Morgan fingerprint density at radius 1 is 1.53 bits per heavy atom. The Morgan fingerprint density at radius 2 is 2.24 bits per heavy atom. The number of ether oxygens (including phenoxy) is 1. The molecular weight excluding hydrogens is 272 g/mol. The minimum absolute atomic E-state index is 0.155. The highest BCUT2D eigenvalue weighted by atomic mass is 31.1. The lowest BCUT2D eigenvalue weighted by Gasteiger charge is -2.17. The third kappa shape index (κ3) is 5.27. The van der Waals surface area contributed by atoms with Crippen LogP contribution < -0.4 is 10.4 Å². The first-order valence-electron chi connectivity index (χ1n) is 4.78. The first kappa shape index (κ1) is 14.8. The van der Waals surface area contributed by atoms with Crippen molar-refractivity contribution in [3.63, 3.8) is 0 Å². The standard InChI is InChI=1S/C6H15N3O6P2/c7-3-8-6-1-4(9-16(10)11)5(15-6)2-14-17(12)13/h3-6,16-17H,1-2H2,(H2,7,8)(H,12,13)(H2,9,10,11)/t4-,5+,6+/m0/s1. The molecule has 0 radical (unpaired) electrons. The Kier molecular flexibility index (Phi) is 6.29. The van der Waals surface area contributed by atoms with Crippen LogP contribution in [0.3, 0.4) is 0 Å².